The second-order valence-corrected chi connectivity index (χ2v) is 4.17. The lowest BCUT2D eigenvalue weighted by Crippen LogP contribution is -2.19. The van der Waals surface area contributed by atoms with Gasteiger partial charge in [-0.1, -0.05) is 19.9 Å². The number of aliphatic hydroxyl groups is 1. The van der Waals surface area contributed by atoms with Crippen molar-refractivity contribution < 1.29 is 23.4 Å². The molecule has 0 saturated carbocycles. The number of esters is 1. The Morgan fingerprint density at radius 2 is 2.00 bits per heavy atom. The van der Waals surface area contributed by atoms with Crippen LogP contribution in [0.2, 0.25) is 0 Å². The standard InChI is InChI=1S/C13H16F2O3/c1-4-18-13(17)12(16)10-9(14)6-5-8(7(2)3)11(10)15/h5-7,12,16H,4H2,1-3H3. The summed E-state index contributed by atoms with van der Waals surface area (Å²) in [5, 5.41) is 9.63. The third kappa shape index (κ3) is 2.85. The first-order valence-electron chi connectivity index (χ1n) is 5.72. The summed E-state index contributed by atoms with van der Waals surface area (Å²) < 4.78 is 32.1. The topological polar surface area (TPSA) is 46.5 Å². The molecule has 1 aromatic rings. The maximum atomic E-state index is 14.0. The minimum Gasteiger partial charge on any atom is -0.464 e. The highest BCUT2D eigenvalue weighted by Gasteiger charge is 2.28. The van der Waals surface area contributed by atoms with Crippen LogP contribution in [0.1, 0.15) is 43.9 Å². The van der Waals surface area contributed by atoms with Crippen LogP contribution in [0.25, 0.3) is 0 Å². The van der Waals surface area contributed by atoms with Gasteiger partial charge in [-0.3, -0.25) is 0 Å². The Labute approximate surface area is 104 Å². The molecular formula is C13H16F2O3. The summed E-state index contributed by atoms with van der Waals surface area (Å²) in [5.41, 5.74) is -0.408. The summed E-state index contributed by atoms with van der Waals surface area (Å²) >= 11 is 0. The molecule has 0 aliphatic heterocycles. The van der Waals surface area contributed by atoms with E-state index < -0.39 is 29.3 Å². The number of carbonyl (C=O) groups excluding carboxylic acids is 1. The number of hydrogen-bond acceptors (Lipinski definition) is 3. The van der Waals surface area contributed by atoms with Gasteiger partial charge in [0.1, 0.15) is 11.6 Å². The van der Waals surface area contributed by atoms with E-state index in [1.54, 1.807) is 20.8 Å². The van der Waals surface area contributed by atoms with Crippen molar-refractivity contribution in [3.8, 4) is 0 Å². The van der Waals surface area contributed by atoms with Gasteiger partial charge in [0.25, 0.3) is 0 Å². The Balaban J connectivity index is 3.22. The average Bonchev–Trinajstić information content (AvgIpc) is 2.28. The van der Waals surface area contributed by atoms with Crippen LogP contribution < -0.4 is 0 Å². The number of hydrogen-bond donors (Lipinski definition) is 1. The van der Waals surface area contributed by atoms with E-state index in [1.165, 1.54) is 6.07 Å². The molecule has 18 heavy (non-hydrogen) atoms. The van der Waals surface area contributed by atoms with E-state index in [2.05, 4.69) is 4.74 Å². The largest absolute Gasteiger partial charge is 0.464 e. The van der Waals surface area contributed by atoms with Gasteiger partial charge in [0, 0.05) is 0 Å². The molecule has 0 aliphatic rings. The van der Waals surface area contributed by atoms with Gasteiger partial charge in [-0.15, -0.1) is 0 Å². The fourth-order valence-corrected chi connectivity index (χ4v) is 1.62. The number of benzene rings is 1. The number of ether oxygens (including phenoxy) is 1. The molecule has 5 heteroatoms. The quantitative estimate of drug-likeness (QED) is 0.844. The molecule has 0 amide bonds. The first-order chi connectivity index (χ1) is 8.40. The molecule has 0 aromatic heterocycles. The Hall–Kier alpha value is -1.49. The second-order valence-electron chi connectivity index (χ2n) is 4.17. The number of halogens is 2. The molecule has 1 aromatic carbocycles. The van der Waals surface area contributed by atoms with Crippen molar-refractivity contribution >= 4 is 5.97 Å². The van der Waals surface area contributed by atoms with Crippen LogP contribution >= 0.6 is 0 Å². The van der Waals surface area contributed by atoms with Crippen molar-refractivity contribution in [2.75, 3.05) is 6.61 Å². The molecule has 0 radical (unpaired) electrons. The van der Waals surface area contributed by atoms with Gasteiger partial charge in [-0.2, -0.15) is 0 Å². The van der Waals surface area contributed by atoms with E-state index in [0.29, 0.717) is 0 Å². The van der Waals surface area contributed by atoms with Crippen molar-refractivity contribution in [2.45, 2.75) is 32.8 Å². The summed E-state index contributed by atoms with van der Waals surface area (Å²) in [5.74, 6) is -3.10. The molecule has 0 bridgehead atoms. The SMILES string of the molecule is CCOC(=O)C(O)c1c(F)ccc(C(C)C)c1F. The van der Waals surface area contributed by atoms with Gasteiger partial charge in [0.15, 0.2) is 6.10 Å². The average molecular weight is 258 g/mol. The van der Waals surface area contributed by atoms with Gasteiger partial charge in [-0.05, 0) is 24.5 Å². The van der Waals surface area contributed by atoms with Gasteiger partial charge < -0.3 is 9.84 Å². The fourth-order valence-electron chi connectivity index (χ4n) is 1.62. The number of rotatable bonds is 4. The summed E-state index contributed by atoms with van der Waals surface area (Å²) in [6.07, 6.45) is -1.94. The Morgan fingerprint density at radius 3 is 2.50 bits per heavy atom. The lowest BCUT2D eigenvalue weighted by Gasteiger charge is -2.15. The van der Waals surface area contributed by atoms with E-state index in [-0.39, 0.29) is 18.1 Å². The highest BCUT2D eigenvalue weighted by Crippen LogP contribution is 2.28. The van der Waals surface area contributed by atoms with Crippen LogP contribution in [0.15, 0.2) is 12.1 Å². The van der Waals surface area contributed by atoms with Gasteiger partial charge in [-0.25, -0.2) is 13.6 Å². The number of carbonyl (C=O) groups is 1. The Kier molecular flexibility index (Phi) is 4.78. The summed E-state index contributed by atoms with van der Waals surface area (Å²) in [4.78, 5) is 11.3. The maximum Gasteiger partial charge on any atom is 0.339 e. The van der Waals surface area contributed by atoms with E-state index in [1.807, 2.05) is 0 Å². The summed E-state index contributed by atoms with van der Waals surface area (Å²) in [6, 6.07) is 2.34. The predicted octanol–water partition coefficient (Wildman–Crippen LogP) is 2.68. The highest BCUT2D eigenvalue weighted by atomic mass is 19.1. The fraction of sp³-hybridized carbons (Fsp3) is 0.462. The molecule has 1 rings (SSSR count). The molecule has 3 nitrogen and oxygen atoms in total. The van der Waals surface area contributed by atoms with Crippen LogP contribution in [0.5, 0.6) is 0 Å². The molecule has 0 heterocycles. The van der Waals surface area contributed by atoms with E-state index in [9.17, 15) is 18.7 Å². The Bertz CT molecular complexity index is 444. The zero-order chi connectivity index (χ0) is 13.9. The van der Waals surface area contributed by atoms with Crippen LogP contribution in [0.4, 0.5) is 8.78 Å². The lowest BCUT2D eigenvalue weighted by molar-refractivity contribution is -0.153. The highest BCUT2D eigenvalue weighted by molar-refractivity contribution is 5.76. The molecule has 0 saturated heterocycles. The molecular weight excluding hydrogens is 242 g/mol. The third-order valence-electron chi connectivity index (χ3n) is 2.56. The smallest absolute Gasteiger partial charge is 0.339 e. The molecule has 0 aliphatic carbocycles. The first-order valence-corrected chi connectivity index (χ1v) is 5.72. The zero-order valence-corrected chi connectivity index (χ0v) is 10.5. The van der Waals surface area contributed by atoms with E-state index >= 15 is 0 Å². The molecule has 0 fully saturated rings. The van der Waals surface area contributed by atoms with E-state index in [0.717, 1.165) is 6.07 Å². The minimum atomic E-state index is -1.94. The van der Waals surface area contributed by atoms with Crippen molar-refractivity contribution in [1.29, 1.82) is 0 Å². The molecule has 1 atom stereocenters. The van der Waals surface area contributed by atoms with Crippen LogP contribution in [0, 0.1) is 11.6 Å². The van der Waals surface area contributed by atoms with Crippen molar-refractivity contribution in [1.82, 2.24) is 0 Å². The second kappa shape index (κ2) is 5.91. The van der Waals surface area contributed by atoms with Crippen molar-refractivity contribution in [3.05, 3.63) is 34.9 Å². The predicted molar refractivity (Wildman–Crippen MR) is 62.0 cm³/mol. The number of aliphatic hydroxyl groups excluding tert-OH is 1. The van der Waals surface area contributed by atoms with Crippen molar-refractivity contribution in [2.24, 2.45) is 0 Å². The normalized spacial score (nSPS) is 12.6. The van der Waals surface area contributed by atoms with Crippen LogP contribution in [-0.2, 0) is 9.53 Å². The monoisotopic (exact) mass is 258 g/mol. The van der Waals surface area contributed by atoms with Crippen LogP contribution in [-0.4, -0.2) is 17.7 Å². The molecule has 1 unspecified atom stereocenters. The van der Waals surface area contributed by atoms with Crippen molar-refractivity contribution in [3.63, 3.8) is 0 Å². The third-order valence-corrected chi connectivity index (χ3v) is 2.56. The van der Waals surface area contributed by atoms with Gasteiger partial charge in [0.2, 0.25) is 0 Å². The minimum absolute atomic E-state index is 0.0308. The van der Waals surface area contributed by atoms with Gasteiger partial charge in [0.05, 0.1) is 12.2 Å². The van der Waals surface area contributed by atoms with E-state index in [4.69, 9.17) is 0 Å². The lowest BCUT2D eigenvalue weighted by atomic mass is 9.97. The van der Waals surface area contributed by atoms with Gasteiger partial charge >= 0.3 is 5.97 Å². The zero-order valence-electron chi connectivity index (χ0n) is 10.5. The molecule has 0 spiro atoms. The summed E-state index contributed by atoms with van der Waals surface area (Å²) in [7, 11) is 0. The Morgan fingerprint density at radius 1 is 1.39 bits per heavy atom. The van der Waals surface area contributed by atoms with Crippen LogP contribution in [0.3, 0.4) is 0 Å². The molecule has 1 N–H and O–H groups in total. The summed E-state index contributed by atoms with van der Waals surface area (Å²) in [6.45, 7) is 5.04. The maximum absolute atomic E-state index is 14.0. The first kappa shape index (κ1) is 14.6. The molecule has 100 valence electrons.